The van der Waals surface area contributed by atoms with Crippen molar-refractivity contribution >= 4 is 23.4 Å². The second-order valence-corrected chi connectivity index (χ2v) is 11.9. The maximum atomic E-state index is 13.8. The van der Waals surface area contributed by atoms with Crippen LogP contribution in [0.2, 0.25) is 0 Å². The molecule has 11 heteroatoms. The number of rotatable bonds is 8. The van der Waals surface area contributed by atoms with Crippen molar-refractivity contribution in [2.24, 2.45) is 5.92 Å². The highest BCUT2D eigenvalue weighted by Crippen LogP contribution is 2.49. The van der Waals surface area contributed by atoms with Crippen molar-refractivity contribution in [3.63, 3.8) is 0 Å². The summed E-state index contributed by atoms with van der Waals surface area (Å²) in [4.78, 5) is 58.5. The lowest BCUT2D eigenvalue weighted by atomic mass is 9.83. The molecule has 5 heterocycles. The van der Waals surface area contributed by atoms with Crippen LogP contribution in [-0.2, 0) is 11.3 Å². The first-order chi connectivity index (χ1) is 21.4. The Hall–Kier alpha value is -4.64. The van der Waals surface area contributed by atoms with E-state index < -0.39 is 6.17 Å². The molecule has 1 saturated heterocycles. The lowest BCUT2D eigenvalue weighted by molar-refractivity contribution is -0.121. The Kier molecular flexibility index (Phi) is 7.12. The molecular formula is C33H35N5O6. The fourth-order valence-corrected chi connectivity index (χ4v) is 7.49. The maximum Gasteiger partial charge on any atom is 0.264 e. The molecule has 4 aliphatic rings. The number of carbonyl (C=O) groups is 3. The number of fused-ring (bicyclic) bond motifs is 9. The molecule has 4 aliphatic heterocycles. The van der Waals surface area contributed by atoms with Crippen LogP contribution in [0.25, 0.3) is 0 Å². The second kappa shape index (κ2) is 11.1. The summed E-state index contributed by atoms with van der Waals surface area (Å²) >= 11 is 0. The summed E-state index contributed by atoms with van der Waals surface area (Å²) in [6.45, 7) is 3.84. The molecule has 228 valence electrons. The van der Waals surface area contributed by atoms with Gasteiger partial charge in [0.05, 0.1) is 31.0 Å². The van der Waals surface area contributed by atoms with Gasteiger partial charge in [0.2, 0.25) is 5.91 Å². The van der Waals surface area contributed by atoms with E-state index in [-0.39, 0.29) is 36.2 Å². The number of benzene rings is 2. The standard InChI is InChI=1S/C33H35N5O6/c1-43-26-11-10-23-29(30(26)44-2)33(42)38-25-7-4-3-6-22(25)32(41)36(31(23)38)14-12-27(39)34-13-15-35-17-20-16-21(19-35)24-8-5-9-28(40)37(24)18-20/h3-11,20-21,31H,12-19H2,1-2H3,(H,34,39)/t20-,21+,31+/m1/s1. The average molecular weight is 598 g/mol. The number of hydrogen-bond donors (Lipinski definition) is 1. The molecule has 1 N–H and O–H groups in total. The highest BCUT2D eigenvalue weighted by atomic mass is 16.5. The third-order valence-electron chi connectivity index (χ3n) is 9.37. The van der Waals surface area contributed by atoms with E-state index in [4.69, 9.17) is 9.47 Å². The zero-order valence-electron chi connectivity index (χ0n) is 24.8. The maximum absolute atomic E-state index is 13.8. The van der Waals surface area contributed by atoms with Crippen molar-refractivity contribution in [2.75, 3.05) is 51.8 Å². The highest BCUT2D eigenvalue weighted by molar-refractivity contribution is 6.18. The number of ether oxygens (including phenoxy) is 2. The van der Waals surface area contributed by atoms with Gasteiger partial charge in [0, 0.05) is 68.9 Å². The second-order valence-electron chi connectivity index (χ2n) is 11.9. The summed E-state index contributed by atoms with van der Waals surface area (Å²) in [5.74, 6) is 0.819. The van der Waals surface area contributed by atoms with E-state index in [2.05, 4.69) is 16.3 Å². The van der Waals surface area contributed by atoms with Gasteiger partial charge in [0.25, 0.3) is 17.4 Å². The smallest absolute Gasteiger partial charge is 0.264 e. The van der Waals surface area contributed by atoms with Crippen LogP contribution in [-0.4, -0.2) is 79.0 Å². The average Bonchev–Trinajstić information content (AvgIpc) is 3.33. The zero-order chi connectivity index (χ0) is 30.5. The van der Waals surface area contributed by atoms with Gasteiger partial charge >= 0.3 is 0 Å². The summed E-state index contributed by atoms with van der Waals surface area (Å²) in [6, 6.07) is 16.1. The third kappa shape index (κ3) is 4.54. The van der Waals surface area contributed by atoms with E-state index in [1.807, 2.05) is 10.6 Å². The van der Waals surface area contributed by atoms with Crippen LogP contribution in [0.3, 0.4) is 0 Å². The van der Waals surface area contributed by atoms with E-state index >= 15 is 0 Å². The Labute approximate surface area is 254 Å². The Balaban J connectivity index is 1.03. The van der Waals surface area contributed by atoms with Crippen LogP contribution in [0.15, 0.2) is 59.4 Å². The van der Waals surface area contributed by atoms with Gasteiger partial charge in [-0.1, -0.05) is 24.3 Å². The van der Waals surface area contributed by atoms with Gasteiger partial charge in [-0.2, -0.15) is 0 Å². The number of nitrogens with zero attached hydrogens (tertiary/aromatic N) is 4. The molecule has 3 atom stereocenters. The first-order valence-electron chi connectivity index (χ1n) is 15.1. The lowest BCUT2D eigenvalue weighted by Crippen LogP contribution is -2.50. The Morgan fingerprint density at radius 2 is 1.75 bits per heavy atom. The van der Waals surface area contributed by atoms with Crippen LogP contribution in [0.4, 0.5) is 5.69 Å². The predicted octanol–water partition coefficient (Wildman–Crippen LogP) is 2.61. The summed E-state index contributed by atoms with van der Waals surface area (Å²) < 4.78 is 12.9. The van der Waals surface area contributed by atoms with Crippen LogP contribution >= 0.6 is 0 Å². The molecule has 1 aromatic heterocycles. The molecule has 3 aromatic rings. The van der Waals surface area contributed by atoms with E-state index in [9.17, 15) is 19.2 Å². The molecular weight excluding hydrogens is 562 g/mol. The molecule has 2 aromatic carbocycles. The highest BCUT2D eigenvalue weighted by Gasteiger charge is 2.49. The first-order valence-corrected chi connectivity index (χ1v) is 15.1. The molecule has 44 heavy (non-hydrogen) atoms. The van der Waals surface area contributed by atoms with E-state index in [0.717, 1.165) is 31.7 Å². The van der Waals surface area contributed by atoms with Crippen LogP contribution < -0.4 is 25.2 Å². The Morgan fingerprint density at radius 3 is 2.57 bits per heavy atom. The first kappa shape index (κ1) is 28.1. The molecule has 1 fully saturated rings. The molecule has 0 saturated carbocycles. The Bertz CT molecular complexity index is 1720. The van der Waals surface area contributed by atoms with Gasteiger partial charge in [-0.3, -0.25) is 24.1 Å². The van der Waals surface area contributed by atoms with Crippen LogP contribution in [0.5, 0.6) is 11.5 Å². The molecule has 11 nitrogen and oxygen atoms in total. The molecule has 0 radical (unpaired) electrons. The largest absolute Gasteiger partial charge is 0.493 e. The lowest BCUT2D eigenvalue weighted by Gasteiger charge is -2.42. The number of carbonyl (C=O) groups excluding carboxylic acids is 3. The van der Waals surface area contributed by atoms with Crippen molar-refractivity contribution in [2.45, 2.75) is 31.5 Å². The number of piperidine rings is 1. The molecule has 0 aliphatic carbocycles. The fraction of sp³-hybridized carbons (Fsp3) is 0.394. The molecule has 0 spiro atoms. The van der Waals surface area contributed by atoms with E-state index in [0.29, 0.717) is 58.8 Å². The fourth-order valence-electron chi connectivity index (χ4n) is 7.49. The molecule has 7 rings (SSSR count). The number of hydrogen-bond acceptors (Lipinski definition) is 7. The normalized spacial score (nSPS) is 21.7. The third-order valence-corrected chi connectivity index (χ3v) is 9.37. The van der Waals surface area contributed by atoms with Gasteiger partial charge in [0.1, 0.15) is 6.17 Å². The number of anilines is 1. The SMILES string of the molecule is COc1ccc2c(c1OC)C(=O)N1c3ccccc3C(=O)N(CCC(=O)NCCN3C[C@H]4C[C@@H](C3)c3cccc(=O)n3C4)[C@H]21. The van der Waals surface area contributed by atoms with Gasteiger partial charge in [-0.25, -0.2) is 0 Å². The summed E-state index contributed by atoms with van der Waals surface area (Å²) in [7, 11) is 3.00. The van der Waals surface area contributed by atoms with Gasteiger partial charge < -0.3 is 29.2 Å². The number of amides is 3. The minimum absolute atomic E-state index is 0.0704. The van der Waals surface area contributed by atoms with Gasteiger partial charge in [-0.05, 0) is 36.6 Å². The van der Waals surface area contributed by atoms with Crippen LogP contribution in [0.1, 0.15) is 56.9 Å². The summed E-state index contributed by atoms with van der Waals surface area (Å²) in [6.07, 6.45) is 0.480. The monoisotopic (exact) mass is 597 g/mol. The number of nitrogens with one attached hydrogen (secondary N) is 1. The van der Waals surface area contributed by atoms with Gasteiger partial charge in [0.15, 0.2) is 11.5 Å². The molecule has 0 unspecified atom stereocenters. The number of pyridine rings is 1. The molecule has 2 bridgehead atoms. The van der Waals surface area contributed by atoms with E-state index in [1.54, 1.807) is 52.3 Å². The number of para-hydroxylation sites is 1. The minimum Gasteiger partial charge on any atom is -0.493 e. The van der Waals surface area contributed by atoms with Crippen molar-refractivity contribution in [3.8, 4) is 11.5 Å². The van der Waals surface area contributed by atoms with Crippen LogP contribution in [0, 0.1) is 5.92 Å². The predicted molar refractivity (Wildman–Crippen MR) is 162 cm³/mol. The number of aromatic nitrogens is 1. The number of methoxy groups -OCH3 is 2. The zero-order valence-corrected chi connectivity index (χ0v) is 24.8. The van der Waals surface area contributed by atoms with Gasteiger partial charge in [-0.15, -0.1) is 0 Å². The van der Waals surface area contributed by atoms with Crippen molar-refractivity contribution in [3.05, 3.63) is 87.3 Å². The van der Waals surface area contributed by atoms with Crippen molar-refractivity contribution in [1.82, 2.24) is 19.7 Å². The Morgan fingerprint density at radius 1 is 0.909 bits per heavy atom. The van der Waals surface area contributed by atoms with Crippen molar-refractivity contribution < 1.29 is 23.9 Å². The van der Waals surface area contributed by atoms with Crippen molar-refractivity contribution in [1.29, 1.82) is 0 Å². The number of likely N-dealkylation sites (tertiary alicyclic amines) is 1. The summed E-state index contributed by atoms with van der Waals surface area (Å²) in [5, 5.41) is 3.03. The van der Waals surface area contributed by atoms with E-state index in [1.165, 1.54) is 14.2 Å². The molecule has 3 amide bonds. The topological polar surface area (TPSA) is 113 Å². The summed E-state index contributed by atoms with van der Waals surface area (Å²) in [5.41, 5.74) is 3.11. The minimum atomic E-state index is -0.698. The quantitative estimate of drug-likeness (QED) is 0.425.